The van der Waals surface area contributed by atoms with Crippen LogP contribution in [0, 0.1) is 0 Å². The highest BCUT2D eigenvalue weighted by molar-refractivity contribution is 5.20. The summed E-state index contributed by atoms with van der Waals surface area (Å²) in [5.41, 5.74) is 2.67. The van der Waals surface area contributed by atoms with E-state index < -0.39 is 0 Å². The molecule has 16 heavy (non-hydrogen) atoms. The lowest BCUT2D eigenvalue weighted by Crippen LogP contribution is -2.30. The first-order valence-corrected chi connectivity index (χ1v) is 6.01. The largest absolute Gasteiger partial charge is 0.316 e. The van der Waals surface area contributed by atoms with Crippen molar-refractivity contribution in [2.75, 3.05) is 7.05 Å². The van der Waals surface area contributed by atoms with Crippen molar-refractivity contribution in [2.45, 2.75) is 38.6 Å². The van der Waals surface area contributed by atoms with Gasteiger partial charge in [-0.15, -0.1) is 6.58 Å². The third kappa shape index (κ3) is 3.82. The van der Waals surface area contributed by atoms with Gasteiger partial charge in [-0.25, -0.2) is 0 Å². The smallest absolute Gasteiger partial charge is 0.0133 e. The van der Waals surface area contributed by atoms with Crippen LogP contribution in [0.4, 0.5) is 0 Å². The minimum Gasteiger partial charge on any atom is -0.316 e. The lowest BCUT2D eigenvalue weighted by molar-refractivity contribution is 0.455. The fraction of sp³-hybridized carbons (Fsp3) is 0.467. The van der Waals surface area contributed by atoms with Crippen LogP contribution in [0.2, 0.25) is 0 Å². The molecule has 88 valence electrons. The van der Waals surface area contributed by atoms with Crippen molar-refractivity contribution in [1.29, 1.82) is 0 Å². The predicted molar refractivity (Wildman–Crippen MR) is 71.8 cm³/mol. The van der Waals surface area contributed by atoms with E-state index in [1.165, 1.54) is 11.1 Å². The Kier molecular flexibility index (Phi) is 5.27. The Hall–Kier alpha value is -1.08. The highest BCUT2D eigenvalue weighted by atomic mass is 14.9. The van der Waals surface area contributed by atoms with Gasteiger partial charge in [0.2, 0.25) is 0 Å². The molecule has 0 aliphatic carbocycles. The Morgan fingerprint density at radius 2 is 1.94 bits per heavy atom. The van der Waals surface area contributed by atoms with Crippen LogP contribution in [0.5, 0.6) is 0 Å². The van der Waals surface area contributed by atoms with Crippen LogP contribution in [0.15, 0.2) is 42.5 Å². The normalized spacial score (nSPS) is 14.4. The Labute approximate surface area is 99.6 Å². The van der Waals surface area contributed by atoms with Gasteiger partial charge in [-0.2, -0.15) is 0 Å². The molecule has 0 bridgehead atoms. The summed E-state index contributed by atoms with van der Waals surface area (Å²) in [6, 6.07) is 11.2. The Bertz CT molecular complexity index is 315. The summed E-state index contributed by atoms with van der Waals surface area (Å²) in [4.78, 5) is 0. The standard InChI is InChI=1S/C15H23N/c1-12(2)10-11-15(16-4)13(3)14-8-6-5-7-9-14/h5-9,13,15-16H,1,10-11H2,2-4H3. The molecule has 1 aromatic carbocycles. The topological polar surface area (TPSA) is 12.0 Å². The SMILES string of the molecule is C=C(C)CCC(NC)C(C)c1ccccc1. The van der Waals surface area contributed by atoms with E-state index in [0.29, 0.717) is 12.0 Å². The molecule has 2 atom stereocenters. The maximum absolute atomic E-state index is 3.97. The fourth-order valence-corrected chi connectivity index (χ4v) is 2.04. The molecule has 0 fully saturated rings. The van der Waals surface area contributed by atoms with E-state index in [-0.39, 0.29) is 0 Å². The summed E-state index contributed by atoms with van der Waals surface area (Å²) in [5, 5.41) is 3.41. The molecule has 1 rings (SSSR count). The van der Waals surface area contributed by atoms with Crippen LogP contribution < -0.4 is 5.32 Å². The lowest BCUT2D eigenvalue weighted by Gasteiger charge is -2.24. The van der Waals surface area contributed by atoms with Gasteiger partial charge in [0.15, 0.2) is 0 Å². The van der Waals surface area contributed by atoms with E-state index in [2.05, 4.69) is 56.1 Å². The molecule has 0 saturated heterocycles. The summed E-state index contributed by atoms with van der Waals surface area (Å²) in [6.07, 6.45) is 2.25. The highest BCUT2D eigenvalue weighted by Gasteiger charge is 2.16. The molecule has 1 heteroatoms. The Balaban J connectivity index is 2.62. The van der Waals surface area contributed by atoms with Gasteiger partial charge in [0.1, 0.15) is 0 Å². The zero-order chi connectivity index (χ0) is 12.0. The highest BCUT2D eigenvalue weighted by Crippen LogP contribution is 2.22. The number of rotatable bonds is 6. The van der Waals surface area contributed by atoms with Crippen LogP contribution in [0.25, 0.3) is 0 Å². The molecule has 0 radical (unpaired) electrons. The quantitative estimate of drug-likeness (QED) is 0.716. The van der Waals surface area contributed by atoms with Crippen LogP contribution in [0.1, 0.15) is 38.2 Å². The van der Waals surface area contributed by atoms with Gasteiger partial charge in [0.25, 0.3) is 0 Å². The molecule has 0 aliphatic rings. The molecule has 0 aliphatic heterocycles. The molecule has 0 spiro atoms. The summed E-state index contributed by atoms with van der Waals surface area (Å²) >= 11 is 0. The third-order valence-corrected chi connectivity index (χ3v) is 3.18. The van der Waals surface area contributed by atoms with Gasteiger partial charge in [0, 0.05) is 6.04 Å². The average Bonchev–Trinajstić information content (AvgIpc) is 2.30. The molecule has 1 N–H and O–H groups in total. The van der Waals surface area contributed by atoms with E-state index in [1.54, 1.807) is 0 Å². The van der Waals surface area contributed by atoms with Crippen molar-refractivity contribution >= 4 is 0 Å². The van der Waals surface area contributed by atoms with Gasteiger partial charge < -0.3 is 5.32 Å². The first-order valence-electron chi connectivity index (χ1n) is 6.01. The van der Waals surface area contributed by atoms with Gasteiger partial charge in [-0.1, -0.05) is 42.8 Å². The predicted octanol–water partition coefficient (Wildman–Crippen LogP) is 3.73. The maximum Gasteiger partial charge on any atom is 0.0133 e. The molecule has 2 unspecified atom stereocenters. The number of benzene rings is 1. The van der Waals surface area contributed by atoms with Crippen molar-refractivity contribution in [2.24, 2.45) is 0 Å². The zero-order valence-corrected chi connectivity index (χ0v) is 10.7. The third-order valence-electron chi connectivity index (χ3n) is 3.18. The molecular weight excluding hydrogens is 194 g/mol. The van der Waals surface area contributed by atoms with Crippen molar-refractivity contribution in [3.05, 3.63) is 48.0 Å². The van der Waals surface area contributed by atoms with Crippen LogP contribution >= 0.6 is 0 Å². The van der Waals surface area contributed by atoms with Crippen molar-refractivity contribution in [3.8, 4) is 0 Å². The molecule has 0 saturated carbocycles. The summed E-state index contributed by atoms with van der Waals surface area (Å²) in [6.45, 7) is 8.35. The van der Waals surface area contributed by atoms with Gasteiger partial charge >= 0.3 is 0 Å². The first kappa shape index (κ1) is 13.0. The van der Waals surface area contributed by atoms with Crippen molar-refractivity contribution in [1.82, 2.24) is 5.32 Å². The zero-order valence-electron chi connectivity index (χ0n) is 10.7. The molecular formula is C15H23N. The minimum atomic E-state index is 0.527. The Morgan fingerprint density at radius 1 is 1.31 bits per heavy atom. The van der Waals surface area contributed by atoms with Gasteiger partial charge in [0.05, 0.1) is 0 Å². The lowest BCUT2D eigenvalue weighted by atomic mass is 9.90. The minimum absolute atomic E-state index is 0.527. The van der Waals surface area contributed by atoms with Crippen LogP contribution in [-0.2, 0) is 0 Å². The molecule has 0 aromatic heterocycles. The van der Waals surface area contributed by atoms with Crippen molar-refractivity contribution < 1.29 is 0 Å². The molecule has 0 heterocycles. The first-order chi connectivity index (χ1) is 7.65. The van der Waals surface area contributed by atoms with Crippen LogP contribution in [-0.4, -0.2) is 13.1 Å². The molecule has 1 nitrogen and oxygen atoms in total. The molecule has 0 amide bonds. The number of likely N-dealkylation sites (N-methyl/N-ethyl adjacent to an activating group) is 1. The summed E-state index contributed by atoms with van der Waals surface area (Å²) in [5.74, 6) is 0.547. The number of hydrogen-bond acceptors (Lipinski definition) is 1. The molecule has 1 aromatic rings. The van der Waals surface area contributed by atoms with Crippen molar-refractivity contribution in [3.63, 3.8) is 0 Å². The number of nitrogens with one attached hydrogen (secondary N) is 1. The van der Waals surface area contributed by atoms with E-state index in [1.807, 2.05) is 7.05 Å². The average molecular weight is 217 g/mol. The maximum atomic E-state index is 3.97. The summed E-state index contributed by atoms with van der Waals surface area (Å²) in [7, 11) is 2.04. The second-order valence-electron chi connectivity index (χ2n) is 4.59. The monoisotopic (exact) mass is 217 g/mol. The second-order valence-corrected chi connectivity index (χ2v) is 4.59. The van der Waals surface area contributed by atoms with Gasteiger partial charge in [-0.3, -0.25) is 0 Å². The van der Waals surface area contributed by atoms with E-state index in [4.69, 9.17) is 0 Å². The Morgan fingerprint density at radius 3 is 2.44 bits per heavy atom. The van der Waals surface area contributed by atoms with E-state index >= 15 is 0 Å². The van der Waals surface area contributed by atoms with E-state index in [9.17, 15) is 0 Å². The van der Waals surface area contributed by atoms with Gasteiger partial charge in [-0.05, 0) is 38.3 Å². The number of hydrogen-bond donors (Lipinski definition) is 1. The summed E-state index contributed by atoms with van der Waals surface area (Å²) < 4.78 is 0. The van der Waals surface area contributed by atoms with Crippen LogP contribution in [0.3, 0.4) is 0 Å². The number of allylic oxidation sites excluding steroid dienone is 1. The second kappa shape index (κ2) is 6.49. The van der Waals surface area contributed by atoms with E-state index in [0.717, 1.165) is 12.8 Å². The fourth-order valence-electron chi connectivity index (χ4n) is 2.04.